The molecule has 2 aromatic rings. The lowest BCUT2D eigenvalue weighted by molar-refractivity contribution is 0.249. The Hall–Kier alpha value is -1.65. The van der Waals surface area contributed by atoms with E-state index < -0.39 is 0 Å². The summed E-state index contributed by atoms with van der Waals surface area (Å²) in [5.41, 5.74) is 8.16. The highest BCUT2D eigenvalue weighted by atomic mass is 15.2. The minimum Gasteiger partial charge on any atom is -0.356 e. The van der Waals surface area contributed by atoms with Gasteiger partial charge in [-0.3, -0.25) is 0 Å². The summed E-state index contributed by atoms with van der Waals surface area (Å²) >= 11 is 0. The fourth-order valence-electron chi connectivity index (χ4n) is 3.17. The first-order chi connectivity index (χ1) is 10.2. The van der Waals surface area contributed by atoms with Gasteiger partial charge in [0.2, 0.25) is 0 Å². The molecule has 2 N–H and O–H groups in total. The van der Waals surface area contributed by atoms with Crippen LogP contribution in [0.15, 0.2) is 30.3 Å². The second-order valence-electron chi connectivity index (χ2n) is 6.04. The van der Waals surface area contributed by atoms with E-state index in [0.29, 0.717) is 12.6 Å². The minimum absolute atomic E-state index is 0.560. The van der Waals surface area contributed by atoms with Gasteiger partial charge in [0.25, 0.3) is 0 Å². The van der Waals surface area contributed by atoms with E-state index in [0.717, 1.165) is 24.4 Å². The summed E-state index contributed by atoms with van der Waals surface area (Å²) in [6.07, 6.45) is 2.39. The number of nitrogens with two attached hydrogens (primary N) is 1. The summed E-state index contributed by atoms with van der Waals surface area (Å²) in [6.45, 7) is 2.70. The van der Waals surface area contributed by atoms with Crippen molar-refractivity contribution >= 4 is 16.7 Å². The zero-order valence-electron chi connectivity index (χ0n) is 12.9. The Balaban J connectivity index is 1.88. The van der Waals surface area contributed by atoms with Gasteiger partial charge in [0.1, 0.15) is 5.82 Å². The number of para-hydroxylation sites is 1. The molecule has 112 valence electrons. The zero-order chi connectivity index (χ0) is 14.8. The third kappa shape index (κ3) is 2.87. The van der Waals surface area contributed by atoms with Crippen molar-refractivity contribution in [1.29, 1.82) is 0 Å². The lowest BCUT2D eigenvalue weighted by Crippen LogP contribution is -2.42. The maximum absolute atomic E-state index is 5.92. The maximum Gasteiger partial charge on any atom is 0.129 e. The molecule has 1 fully saturated rings. The number of hydrogen-bond donors (Lipinski definition) is 1. The second-order valence-corrected chi connectivity index (χ2v) is 6.04. The van der Waals surface area contributed by atoms with E-state index in [-0.39, 0.29) is 0 Å². The Labute approximate surface area is 126 Å². The van der Waals surface area contributed by atoms with Gasteiger partial charge in [0.15, 0.2) is 0 Å². The van der Waals surface area contributed by atoms with Crippen LogP contribution < -0.4 is 10.6 Å². The summed E-state index contributed by atoms with van der Waals surface area (Å²) < 4.78 is 0. The molecule has 21 heavy (non-hydrogen) atoms. The summed E-state index contributed by atoms with van der Waals surface area (Å²) in [5.74, 6) is 1.08. The van der Waals surface area contributed by atoms with E-state index in [1.165, 1.54) is 23.8 Å². The summed E-state index contributed by atoms with van der Waals surface area (Å²) in [5, 5.41) is 1.17. The summed E-state index contributed by atoms with van der Waals surface area (Å²) in [4.78, 5) is 9.56. The van der Waals surface area contributed by atoms with Crippen molar-refractivity contribution in [3.05, 3.63) is 35.9 Å². The molecule has 0 atom stereocenters. The molecule has 0 amide bonds. The molecule has 0 aliphatic carbocycles. The van der Waals surface area contributed by atoms with E-state index in [4.69, 9.17) is 10.7 Å². The van der Waals surface area contributed by atoms with Gasteiger partial charge < -0.3 is 15.5 Å². The predicted octanol–water partition coefficient (Wildman–Crippen LogP) is 2.22. The number of hydrogen-bond acceptors (Lipinski definition) is 4. The van der Waals surface area contributed by atoms with Crippen molar-refractivity contribution in [1.82, 2.24) is 9.88 Å². The molecule has 2 heterocycles. The van der Waals surface area contributed by atoms with Crippen LogP contribution in [-0.4, -0.2) is 43.1 Å². The lowest BCUT2D eigenvalue weighted by atomic mass is 10.0. The highest BCUT2D eigenvalue weighted by Gasteiger charge is 2.22. The van der Waals surface area contributed by atoms with Crippen LogP contribution in [0.4, 0.5) is 5.82 Å². The van der Waals surface area contributed by atoms with Crippen LogP contribution in [-0.2, 0) is 6.54 Å². The highest BCUT2D eigenvalue weighted by Crippen LogP contribution is 2.25. The summed E-state index contributed by atoms with van der Waals surface area (Å²) in [6, 6.07) is 11.1. The van der Waals surface area contributed by atoms with Crippen molar-refractivity contribution in [3.63, 3.8) is 0 Å². The third-order valence-electron chi connectivity index (χ3n) is 4.53. The largest absolute Gasteiger partial charge is 0.356 e. The monoisotopic (exact) mass is 284 g/mol. The molecule has 4 heteroatoms. The molecule has 0 spiro atoms. The van der Waals surface area contributed by atoms with Crippen LogP contribution in [0.3, 0.4) is 0 Å². The van der Waals surface area contributed by atoms with Crippen molar-refractivity contribution in [2.45, 2.75) is 25.4 Å². The van der Waals surface area contributed by atoms with Gasteiger partial charge in [-0.25, -0.2) is 4.98 Å². The number of fused-ring (bicyclic) bond motifs is 1. The molecule has 3 rings (SSSR count). The molecule has 0 radical (unpaired) electrons. The maximum atomic E-state index is 5.92. The molecular formula is C17H24N4. The van der Waals surface area contributed by atoms with E-state index in [9.17, 15) is 0 Å². The van der Waals surface area contributed by atoms with E-state index in [1.807, 2.05) is 12.1 Å². The molecule has 4 nitrogen and oxygen atoms in total. The molecule has 1 aliphatic rings. The van der Waals surface area contributed by atoms with Crippen LogP contribution in [0.5, 0.6) is 0 Å². The quantitative estimate of drug-likeness (QED) is 0.939. The number of aromatic nitrogens is 1. The third-order valence-corrected chi connectivity index (χ3v) is 4.53. The first-order valence-corrected chi connectivity index (χ1v) is 7.69. The number of nitrogens with zero attached hydrogens (tertiary/aromatic N) is 3. The van der Waals surface area contributed by atoms with E-state index in [1.54, 1.807) is 0 Å². The van der Waals surface area contributed by atoms with Crippen molar-refractivity contribution in [2.75, 3.05) is 32.1 Å². The van der Waals surface area contributed by atoms with E-state index in [2.05, 4.69) is 42.1 Å². The second kappa shape index (κ2) is 6.00. The Morgan fingerprint density at radius 3 is 2.62 bits per heavy atom. The molecule has 0 saturated carbocycles. The highest BCUT2D eigenvalue weighted by molar-refractivity contribution is 5.84. The minimum atomic E-state index is 0.560. The number of benzene rings is 1. The van der Waals surface area contributed by atoms with Crippen LogP contribution in [0, 0.1) is 0 Å². The van der Waals surface area contributed by atoms with Gasteiger partial charge >= 0.3 is 0 Å². The molecule has 1 aromatic carbocycles. The number of rotatable bonds is 3. The van der Waals surface area contributed by atoms with Gasteiger partial charge in [-0.05, 0) is 44.6 Å². The molecule has 1 aromatic heterocycles. The topological polar surface area (TPSA) is 45.4 Å². The first kappa shape index (κ1) is 14.3. The Morgan fingerprint density at radius 1 is 1.24 bits per heavy atom. The first-order valence-electron chi connectivity index (χ1n) is 7.69. The van der Waals surface area contributed by atoms with Crippen molar-refractivity contribution in [3.8, 4) is 0 Å². The van der Waals surface area contributed by atoms with Crippen LogP contribution in [0.1, 0.15) is 18.4 Å². The van der Waals surface area contributed by atoms with Crippen LogP contribution >= 0.6 is 0 Å². The standard InChI is InChI=1S/C17H24N4/c1-20(2)14-7-9-21(10-8-14)17-11-13(12-18)15-5-3-4-6-16(15)19-17/h3-6,11,14H,7-10,12,18H2,1-2H3. The molecule has 0 bridgehead atoms. The van der Waals surface area contributed by atoms with Gasteiger partial charge in [-0.1, -0.05) is 18.2 Å². The average molecular weight is 284 g/mol. The number of pyridine rings is 1. The van der Waals surface area contributed by atoms with Gasteiger partial charge in [-0.15, -0.1) is 0 Å². The fraction of sp³-hybridized carbons (Fsp3) is 0.471. The van der Waals surface area contributed by atoms with Crippen LogP contribution in [0.2, 0.25) is 0 Å². The predicted molar refractivity (Wildman–Crippen MR) is 88.6 cm³/mol. The van der Waals surface area contributed by atoms with Gasteiger partial charge in [-0.2, -0.15) is 0 Å². The molecule has 1 aliphatic heterocycles. The number of piperidine rings is 1. The normalized spacial score (nSPS) is 16.9. The van der Waals surface area contributed by atoms with E-state index >= 15 is 0 Å². The van der Waals surface area contributed by atoms with Crippen LogP contribution in [0.25, 0.3) is 10.9 Å². The van der Waals surface area contributed by atoms with Gasteiger partial charge in [0, 0.05) is 31.1 Å². The molecule has 1 saturated heterocycles. The van der Waals surface area contributed by atoms with Crippen molar-refractivity contribution in [2.24, 2.45) is 5.73 Å². The Bertz CT molecular complexity index is 615. The Morgan fingerprint density at radius 2 is 1.95 bits per heavy atom. The van der Waals surface area contributed by atoms with Crippen molar-refractivity contribution < 1.29 is 0 Å². The summed E-state index contributed by atoms with van der Waals surface area (Å²) in [7, 11) is 4.34. The molecule has 0 unspecified atom stereocenters. The van der Waals surface area contributed by atoms with Gasteiger partial charge in [0.05, 0.1) is 5.52 Å². The average Bonchev–Trinajstić information content (AvgIpc) is 2.53. The smallest absolute Gasteiger partial charge is 0.129 e. The number of anilines is 1. The molecular weight excluding hydrogens is 260 g/mol. The zero-order valence-corrected chi connectivity index (χ0v) is 12.9. The SMILES string of the molecule is CN(C)C1CCN(c2cc(CN)c3ccccc3n2)CC1. The Kier molecular flexibility index (Phi) is 4.08. The fourth-order valence-corrected chi connectivity index (χ4v) is 3.17. The lowest BCUT2D eigenvalue weighted by Gasteiger charge is -2.36.